The van der Waals surface area contributed by atoms with Crippen LogP contribution < -0.4 is 9.62 Å². The van der Waals surface area contributed by atoms with Gasteiger partial charge in [0.05, 0.1) is 18.5 Å². The number of sulfonamides is 1. The van der Waals surface area contributed by atoms with E-state index in [9.17, 15) is 13.2 Å². The fourth-order valence-corrected chi connectivity index (χ4v) is 4.43. The number of amides is 1. The number of benzene rings is 3. The molecule has 0 bridgehead atoms. The molecule has 0 aliphatic carbocycles. The molecule has 1 N–H and O–H groups in total. The molecule has 5 nitrogen and oxygen atoms in total. The predicted molar refractivity (Wildman–Crippen MR) is 136 cm³/mol. The van der Waals surface area contributed by atoms with E-state index in [0.29, 0.717) is 11.3 Å². The van der Waals surface area contributed by atoms with Crippen LogP contribution in [0.15, 0.2) is 66.7 Å². The fraction of sp³-hybridized carbons (Fsp3) is 0.296. The van der Waals surface area contributed by atoms with Crippen LogP contribution in [0.25, 0.3) is 0 Å². The third-order valence-corrected chi connectivity index (χ3v) is 6.89. The Bertz CT molecular complexity index is 1200. The maximum atomic E-state index is 12.6. The van der Waals surface area contributed by atoms with Crippen molar-refractivity contribution in [1.29, 1.82) is 0 Å². The molecule has 0 saturated carbocycles. The van der Waals surface area contributed by atoms with Gasteiger partial charge in [0.2, 0.25) is 10.0 Å². The second-order valence-electron chi connectivity index (χ2n) is 8.49. The quantitative estimate of drug-likeness (QED) is 0.431. The number of unbranched alkanes of at least 4 members (excludes halogenated alkanes) is 1. The molecule has 0 unspecified atom stereocenters. The first-order chi connectivity index (χ1) is 15.7. The number of carbonyl (C=O) groups is 1. The molecule has 33 heavy (non-hydrogen) atoms. The molecule has 3 aromatic rings. The lowest BCUT2D eigenvalue weighted by molar-refractivity contribution is 0.102. The van der Waals surface area contributed by atoms with Crippen molar-refractivity contribution in [3.63, 3.8) is 0 Å². The van der Waals surface area contributed by atoms with E-state index in [0.717, 1.165) is 41.6 Å². The molecule has 0 aliphatic rings. The summed E-state index contributed by atoms with van der Waals surface area (Å²) in [6.45, 7) is 6.32. The molecule has 0 fully saturated rings. The first-order valence-electron chi connectivity index (χ1n) is 11.2. The second kappa shape index (κ2) is 10.7. The molecule has 1 amide bonds. The maximum absolute atomic E-state index is 12.6. The van der Waals surface area contributed by atoms with Gasteiger partial charge in [0.25, 0.3) is 5.91 Å². The Morgan fingerprint density at radius 1 is 0.879 bits per heavy atom. The van der Waals surface area contributed by atoms with E-state index in [4.69, 9.17) is 0 Å². The monoisotopic (exact) mass is 464 g/mol. The predicted octanol–water partition coefficient (Wildman–Crippen LogP) is 5.86. The molecule has 0 atom stereocenters. The molecule has 6 heteroatoms. The highest BCUT2D eigenvalue weighted by atomic mass is 32.2. The van der Waals surface area contributed by atoms with Crippen molar-refractivity contribution < 1.29 is 13.2 Å². The third kappa shape index (κ3) is 6.68. The first-order valence-corrected chi connectivity index (χ1v) is 13.1. The van der Waals surface area contributed by atoms with Gasteiger partial charge in [0.15, 0.2) is 0 Å². The summed E-state index contributed by atoms with van der Waals surface area (Å²) < 4.78 is 26.3. The summed E-state index contributed by atoms with van der Waals surface area (Å²) in [5.41, 5.74) is 6.11. The van der Waals surface area contributed by atoms with Crippen molar-refractivity contribution in [2.45, 2.75) is 46.6 Å². The highest BCUT2D eigenvalue weighted by molar-refractivity contribution is 7.92. The van der Waals surface area contributed by atoms with Crippen molar-refractivity contribution in [1.82, 2.24) is 0 Å². The lowest BCUT2D eigenvalue weighted by Gasteiger charge is -2.23. The van der Waals surface area contributed by atoms with Crippen LogP contribution in [0, 0.1) is 13.8 Å². The number of carbonyl (C=O) groups excluding carboxylic acids is 1. The minimum atomic E-state index is -3.47. The minimum absolute atomic E-state index is 0.197. The van der Waals surface area contributed by atoms with Crippen LogP contribution >= 0.6 is 0 Å². The van der Waals surface area contributed by atoms with Crippen LogP contribution in [-0.2, 0) is 23.0 Å². The van der Waals surface area contributed by atoms with Gasteiger partial charge in [-0.25, -0.2) is 8.42 Å². The average molecular weight is 465 g/mol. The lowest BCUT2D eigenvalue weighted by Crippen LogP contribution is -2.29. The summed E-state index contributed by atoms with van der Waals surface area (Å²) in [5, 5.41) is 2.92. The minimum Gasteiger partial charge on any atom is -0.322 e. The Hall–Kier alpha value is -3.12. The number of rotatable bonds is 9. The summed E-state index contributed by atoms with van der Waals surface area (Å²) >= 11 is 0. The summed E-state index contributed by atoms with van der Waals surface area (Å²) in [5.74, 6) is -0.197. The molecule has 0 saturated heterocycles. The Kier molecular flexibility index (Phi) is 7.92. The molecule has 0 aromatic heterocycles. The van der Waals surface area contributed by atoms with Gasteiger partial charge in [-0.15, -0.1) is 0 Å². The van der Waals surface area contributed by atoms with E-state index in [1.54, 1.807) is 24.3 Å². The zero-order valence-electron chi connectivity index (χ0n) is 19.8. The van der Waals surface area contributed by atoms with Crippen molar-refractivity contribution in [3.8, 4) is 0 Å². The zero-order chi connectivity index (χ0) is 24.0. The normalized spacial score (nSPS) is 11.3. The molecular weight excluding hydrogens is 432 g/mol. The van der Waals surface area contributed by atoms with Gasteiger partial charge < -0.3 is 5.32 Å². The number of nitrogens with zero attached hydrogens (tertiary/aromatic N) is 1. The van der Waals surface area contributed by atoms with Crippen LogP contribution in [0.3, 0.4) is 0 Å². The average Bonchev–Trinajstić information content (AvgIpc) is 2.78. The smallest absolute Gasteiger partial charge is 0.255 e. The van der Waals surface area contributed by atoms with Gasteiger partial charge in [-0.3, -0.25) is 9.10 Å². The number of hydrogen-bond acceptors (Lipinski definition) is 3. The largest absolute Gasteiger partial charge is 0.322 e. The van der Waals surface area contributed by atoms with E-state index >= 15 is 0 Å². The van der Waals surface area contributed by atoms with Crippen LogP contribution in [0.1, 0.15) is 52.4 Å². The van der Waals surface area contributed by atoms with E-state index in [2.05, 4.69) is 12.2 Å². The first kappa shape index (κ1) is 24.5. The summed E-state index contributed by atoms with van der Waals surface area (Å²) in [4.78, 5) is 12.6. The second-order valence-corrected chi connectivity index (χ2v) is 10.4. The number of hydrogen-bond donors (Lipinski definition) is 1. The van der Waals surface area contributed by atoms with E-state index in [-0.39, 0.29) is 12.5 Å². The van der Waals surface area contributed by atoms with Gasteiger partial charge in [0.1, 0.15) is 0 Å². The molecular formula is C27H32N2O3S. The molecule has 3 rings (SSSR count). The standard InChI is InChI=1S/C27H32N2O3S/c1-5-6-7-22-11-15-25(16-12-22)28-27(30)24-13-9-23(10-14-24)19-29(33(4,31)32)26-17-8-20(2)21(3)18-26/h8-18H,5-7,19H2,1-4H3,(H,28,30). The summed E-state index contributed by atoms with van der Waals surface area (Å²) in [6, 6.07) is 20.6. The number of aryl methyl sites for hydroxylation is 3. The van der Waals surface area contributed by atoms with Gasteiger partial charge in [-0.2, -0.15) is 0 Å². The van der Waals surface area contributed by atoms with Crippen LogP contribution in [0.5, 0.6) is 0 Å². The van der Waals surface area contributed by atoms with E-state index < -0.39 is 10.0 Å². The topological polar surface area (TPSA) is 66.5 Å². The molecule has 0 spiro atoms. The SMILES string of the molecule is CCCCc1ccc(NC(=O)c2ccc(CN(c3ccc(C)c(C)c3)S(C)(=O)=O)cc2)cc1. The molecule has 174 valence electrons. The van der Waals surface area contributed by atoms with Gasteiger partial charge in [0, 0.05) is 11.3 Å². The van der Waals surface area contributed by atoms with Crippen LogP contribution in [0.2, 0.25) is 0 Å². The van der Waals surface area contributed by atoms with E-state index in [1.807, 2.05) is 56.3 Å². The summed E-state index contributed by atoms with van der Waals surface area (Å²) in [7, 11) is -3.47. The lowest BCUT2D eigenvalue weighted by atomic mass is 10.1. The van der Waals surface area contributed by atoms with Gasteiger partial charge in [-0.05, 0) is 85.3 Å². The zero-order valence-corrected chi connectivity index (χ0v) is 20.6. The van der Waals surface area contributed by atoms with Crippen molar-refractivity contribution in [2.24, 2.45) is 0 Å². The molecule has 0 aliphatic heterocycles. The Labute approximate surface area is 197 Å². The fourth-order valence-electron chi connectivity index (χ4n) is 3.55. The maximum Gasteiger partial charge on any atom is 0.255 e. The third-order valence-electron chi connectivity index (χ3n) is 5.75. The summed E-state index contributed by atoms with van der Waals surface area (Å²) in [6.07, 6.45) is 4.55. The highest BCUT2D eigenvalue weighted by Crippen LogP contribution is 2.24. The highest BCUT2D eigenvalue weighted by Gasteiger charge is 2.18. The molecule has 0 heterocycles. The molecule has 3 aromatic carbocycles. The number of nitrogens with one attached hydrogen (secondary N) is 1. The van der Waals surface area contributed by atoms with Gasteiger partial charge in [-0.1, -0.05) is 43.7 Å². The van der Waals surface area contributed by atoms with Crippen LogP contribution in [-0.4, -0.2) is 20.6 Å². The van der Waals surface area contributed by atoms with Crippen molar-refractivity contribution >= 4 is 27.3 Å². The van der Waals surface area contributed by atoms with Gasteiger partial charge >= 0.3 is 0 Å². The Balaban J connectivity index is 1.70. The van der Waals surface area contributed by atoms with Crippen molar-refractivity contribution in [2.75, 3.05) is 15.9 Å². The Morgan fingerprint density at radius 3 is 2.09 bits per heavy atom. The Morgan fingerprint density at radius 2 is 1.52 bits per heavy atom. The van der Waals surface area contributed by atoms with Crippen LogP contribution in [0.4, 0.5) is 11.4 Å². The van der Waals surface area contributed by atoms with Crippen molar-refractivity contribution in [3.05, 3.63) is 94.5 Å². The van der Waals surface area contributed by atoms with E-state index in [1.165, 1.54) is 16.1 Å². The number of anilines is 2. The molecule has 0 radical (unpaired) electrons.